The van der Waals surface area contributed by atoms with Crippen LogP contribution < -0.4 is 32.3 Å². The summed E-state index contributed by atoms with van der Waals surface area (Å²) < 4.78 is 52.3. The zero-order valence-electron chi connectivity index (χ0n) is 47.3. The molecule has 0 saturated carbocycles. The first-order valence-corrected chi connectivity index (χ1v) is 32.3. The highest BCUT2D eigenvalue weighted by Gasteiger charge is 2.51. The van der Waals surface area contributed by atoms with Crippen LogP contribution in [0.15, 0.2) is 85.5 Å². The van der Waals surface area contributed by atoms with E-state index in [9.17, 15) is 32.9 Å². The van der Waals surface area contributed by atoms with Crippen molar-refractivity contribution in [2.45, 2.75) is 101 Å². The number of hydrogen-bond acceptors (Lipinski definition) is 14. The SMILES string of the molecule is CC#CC(=O)Nc1cccc(CNC(=O)NCc2ccnc3[nH]cc(Cl)c23)c1.CC#CC(=O)O.CCCP1(=O)OP(=O)(CCC)OP(=O)(CCC)O1.CCN(CC)CC.Nc1cccc(CNC(=O)NCc2ccnc3[nH]cc(Cl)c23)c1. The first-order chi connectivity index (χ1) is 39.1. The van der Waals surface area contributed by atoms with Gasteiger partial charge in [0.25, 0.3) is 5.91 Å². The second-order valence-electron chi connectivity index (χ2n) is 17.6. The number of aromatic amines is 2. The van der Waals surface area contributed by atoms with Crippen molar-refractivity contribution in [2.24, 2.45) is 0 Å². The molecule has 4 aromatic heterocycles. The molecule has 5 amide bonds. The molecule has 1 fully saturated rings. The topological polar surface area (TPSA) is 314 Å². The van der Waals surface area contributed by atoms with E-state index in [1.807, 2.05) is 42.3 Å². The molecule has 22 nitrogen and oxygen atoms in total. The van der Waals surface area contributed by atoms with Gasteiger partial charge in [-0.2, -0.15) is 0 Å². The number of hydrogen-bond donors (Lipinski definition) is 9. The average Bonchev–Trinajstić information content (AvgIpc) is 4.01. The number of fused-ring (bicyclic) bond motifs is 2. The number of nitrogens with one attached hydrogen (secondary N) is 7. The molecule has 7 rings (SSSR count). The highest BCUT2D eigenvalue weighted by molar-refractivity contribution is 7.80. The average molecular weight is 1230 g/mol. The van der Waals surface area contributed by atoms with Gasteiger partial charge >= 0.3 is 40.8 Å². The van der Waals surface area contributed by atoms with Gasteiger partial charge in [-0.3, -0.25) is 18.5 Å². The normalized spacial score (nSPS) is 16.7. The minimum atomic E-state index is -3.57. The van der Waals surface area contributed by atoms with Crippen LogP contribution in [0.3, 0.4) is 0 Å². The van der Waals surface area contributed by atoms with Crippen LogP contribution in [0.1, 0.15) is 96.9 Å². The van der Waals surface area contributed by atoms with Crippen LogP contribution in [0.2, 0.25) is 10.0 Å². The number of carboxylic acid groups (broad SMARTS) is 1. The lowest BCUT2D eigenvalue weighted by molar-refractivity contribution is -0.130. The molecule has 5 heterocycles. The van der Waals surface area contributed by atoms with E-state index in [1.165, 1.54) is 26.6 Å². The number of carboxylic acids is 1. The van der Waals surface area contributed by atoms with Crippen molar-refractivity contribution in [3.63, 3.8) is 0 Å². The third kappa shape index (κ3) is 24.4. The Labute approximate surface area is 489 Å². The minimum absolute atomic E-state index is 0.109. The van der Waals surface area contributed by atoms with Crippen LogP contribution in [0.4, 0.5) is 21.0 Å². The summed E-state index contributed by atoms with van der Waals surface area (Å²) in [5.41, 5.74) is 11.9. The van der Waals surface area contributed by atoms with Gasteiger partial charge < -0.3 is 52.3 Å². The number of carbonyl (C=O) groups excluding carboxylic acids is 3. The number of nitrogen functional groups attached to an aromatic ring is 1. The molecule has 1 aliphatic rings. The van der Waals surface area contributed by atoms with Crippen LogP contribution in [0.5, 0.6) is 0 Å². The van der Waals surface area contributed by atoms with Gasteiger partial charge in [-0.05, 0) is 117 Å². The molecule has 0 radical (unpaired) electrons. The van der Waals surface area contributed by atoms with Crippen molar-refractivity contribution >= 4 is 103 Å². The van der Waals surface area contributed by atoms with E-state index in [0.717, 1.165) is 33.0 Å². The van der Waals surface area contributed by atoms with Crippen LogP contribution >= 0.6 is 46.0 Å². The number of anilines is 2. The number of nitrogens with zero attached hydrogens (tertiary/aromatic N) is 3. The minimum Gasteiger partial charge on any atom is -0.472 e. The number of halogens is 2. The fourth-order valence-corrected chi connectivity index (χ4v) is 17.3. The van der Waals surface area contributed by atoms with E-state index in [0.29, 0.717) is 78.2 Å². The number of benzene rings is 2. The van der Waals surface area contributed by atoms with Gasteiger partial charge in [-0.25, -0.2) is 37.3 Å². The summed E-state index contributed by atoms with van der Waals surface area (Å²) in [5, 5.41) is 24.4. The Balaban J connectivity index is 0.000000295. The maximum atomic E-state index is 12.3. The molecule has 444 valence electrons. The summed E-state index contributed by atoms with van der Waals surface area (Å²) in [7, 11) is -10.7. The van der Waals surface area contributed by atoms with Gasteiger partial charge in [-0.1, -0.05) is 101 Å². The Bertz CT molecular complexity index is 3250. The maximum Gasteiger partial charge on any atom is 0.381 e. The van der Waals surface area contributed by atoms with Crippen molar-refractivity contribution in [2.75, 3.05) is 49.2 Å². The molecule has 27 heteroatoms. The Morgan fingerprint density at radius 1 is 0.622 bits per heavy atom. The Morgan fingerprint density at radius 2 is 1.04 bits per heavy atom. The van der Waals surface area contributed by atoms with Crippen molar-refractivity contribution in [1.82, 2.24) is 46.1 Å². The van der Waals surface area contributed by atoms with Gasteiger partial charge in [0.1, 0.15) is 11.3 Å². The number of pyridine rings is 2. The lowest BCUT2D eigenvalue weighted by Gasteiger charge is -2.33. The van der Waals surface area contributed by atoms with Crippen LogP contribution in [0, 0.1) is 23.7 Å². The number of aromatic nitrogens is 4. The summed E-state index contributed by atoms with van der Waals surface area (Å²) in [6, 6.07) is 17.6. The van der Waals surface area contributed by atoms with E-state index < -0.39 is 28.8 Å². The highest BCUT2D eigenvalue weighted by Crippen LogP contribution is 2.82. The molecule has 82 heavy (non-hydrogen) atoms. The first kappa shape index (κ1) is 69.6. The van der Waals surface area contributed by atoms with Gasteiger partial charge in [0.2, 0.25) is 0 Å². The third-order valence-corrected chi connectivity index (χ3v) is 20.7. The number of rotatable bonds is 18. The van der Waals surface area contributed by atoms with Crippen molar-refractivity contribution in [3.8, 4) is 23.7 Å². The molecule has 6 aromatic rings. The molecule has 0 atom stereocenters. The molecule has 0 aliphatic carbocycles. The van der Waals surface area contributed by atoms with Gasteiger partial charge in [-0.15, -0.1) is 0 Å². The molecule has 0 spiro atoms. The zero-order valence-corrected chi connectivity index (χ0v) is 51.5. The molecule has 0 unspecified atom stereocenters. The molecule has 10 N–H and O–H groups in total. The zero-order chi connectivity index (χ0) is 60.7. The maximum absolute atomic E-state index is 12.3. The largest absolute Gasteiger partial charge is 0.472 e. The van der Waals surface area contributed by atoms with Gasteiger partial charge in [0, 0.05) is 79.0 Å². The fourth-order valence-electron chi connectivity index (χ4n) is 7.49. The van der Waals surface area contributed by atoms with Crippen LogP contribution in [-0.4, -0.2) is 92.0 Å². The lowest BCUT2D eigenvalue weighted by Crippen LogP contribution is -2.34. The van der Waals surface area contributed by atoms with E-state index in [1.54, 1.807) is 76.7 Å². The molecule has 1 aliphatic heterocycles. The van der Waals surface area contributed by atoms with Crippen molar-refractivity contribution in [1.29, 1.82) is 0 Å². The summed E-state index contributed by atoms with van der Waals surface area (Å²) in [4.78, 5) is 61.7. The number of nitrogens with two attached hydrogens (primary N) is 1. The number of amides is 5. The Morgan fingerprint density at radius 3 is 1.40 bits per heavy atom. The van der Waals surface area contributed by atoms with Gasteiger partial charge in [0.05, 0.1) is 28.5 Å². The van der Waals surface area contributed by atoms with Crippen LogP contribution in [0.25, 0.3) is 22.1 Å². The Hall–Kier alpha value is -6.67. The first-order valence-electron chi connectivity index (χ1n) is 26.3. The van der Waals surface area contributed by atoms with E-state index >= 15 is 0 Å². The fraction of sp³-hybridized carbons (Fsp3) is 0.382. The number of H-pyrrole nitrogens is 2. The second-order valence-corrected chi connectivity index (χ2v) is 25.3. The summed E-state index contributed by atoms with van der Waals surface area (Å²) in [6.07, 6.45) is 8.63. The predicted octanol–water partition coefficient (Wildman–Crippen LogP) is 12.3. The van der Waals surface area contributed by atoms with E-state index in [4.69, 9.17) is 47.0 Å². The molecular formula is C55H74Cl2N11O11P3. The highest BCUT2D eigenvalue weighted by atomic mass is 35.5. The number of urea groups is 2. The van der Waals surface area contributed by atoms with Crippen molar-refractivity contribution in [3.05, 3.63) is 118 Å². The van der Waals surface area contributed by atoms with Crippen molar-refractivity contribution < 1.29 is 50.9 Å². The third-order valence-electron chi connectivity index (χ3n) is 11.2. The quantitative estimate of drug-likeness (QED) is 0.0219. The lowest BCUT2D eigenvalue weighted by atomic mass is 10.2. The number of carbonyl (C=O) groups is 4. The Kier molecular flexibility index (Phi) is 30.6. The molecule has 2 aromatic carbocycles. The monoisotopic (exact) mass is 1230 g/mol. The number of aliphatic carboxylic acids is 1. The predicted molar refractivity (Wildman–Crippen MR) is 326 cm³/mol. The standard InChI is InChI=1S/C20H18ClN5O2.C16H16ClN5O.C9H21O6P3.C6H15N.C4H4O2/c1-2-4-17(27)26-15-6-3-5-13(9-15)10-24-20(28)25-11-14-7-8-22-19-18(14)16(21)12-23-19;17-13-9-20-15-14(13)11(4-5-19-15)8-22-16(23)21-7-10-2-1-3-12(18)6-10;1-4-7-16(10)13-17(11,8-5-2)15-18(12,14-16)9-6-3;1-4-7(5-2)6-3;1-2-3-4(5)6/h3,5-9,12H,10-11H2,1H3,(H,22,23)(H,26,27)(H2,24,25,28);1-6,9H,7-8,18H2,(H,19,20)(H2,21,22,23);4-9H2,1-3H3;4-6H2,1-3H3;1H3,(H,5,6). The molecule has 0 bridgehead atoms. The van der Waals surface area contributed by atoms with E-state index in [-0.39, 0.29) is 36.5 Å². The van der Waals surface area contributed by atoms with Gasteiger partial charge in [0.15, 0.2) is 0 Å². The molecular weight excluding hydrogens is 1150 g/mol. The summed E-state index contributed by atoms with van der Waals surface area (Å²) in [6.45, 7) is 20.0. The molecule has 1 saturated heterocycles. The second kappa shape index (κ2) is 36.0. The van der Waals surface area contributed by atoms with E-state index in [2.05, 4.69) is 90.0 Å². The summed E-state index contributed by atoms with van der Waals surface area (Å²) in [5.74, 6) is 7.60. The smallest absolute Gasteiger partial charge is 0.381 e. The summed E-state index contributed by atoms with van der Waals surface area (Å²) >= 11 is 12.3. The van der Waals surface area contributed by atoms with Crippen LogP contribution in [-0.2, 0) is 62.4 Å².